The van der Waals surface area contributed by atoms with E-state index in [2.05, 4.69) is 19.2 Å². The zero-order valence-electron chi connectivity index (χ0n) is 8.55. The minimum atomic E-state index is 0.0257. The quantitative estimate of drug-likeness (QED) is 0.687. The van der Waals surface area contributed by atoms with Gasteiger partial charge in [-0.3, -0.25) is 0 Å². The van der Waals surface area contributed by atoms with E-state index in [1.54, 1.807) is 11.9 Å². The fourth-order valence-corrected chi connectivity index (χ4v) is 0.684. The topological polar surface area (TPSA) is 32.3 Å². The first-order valence-electron chi connectivity index (χ1n) is 4.60. The summed E-state index contributed by atoms with van der Waals surface area (Å²) in [6.07, 6.45) is 1.11. The standard InChI is InChI=1S/C9H20N2O/c1-5-8(3)7-10-9(12)11(4)6-2/h8H,5-7H2,1-4H3,(H,10,12). The van der Waals surface area contributed by atoms with Crippen LogP contribution >= 0.6 is 0 Å². The van der Waals surface area contributed by atoms with Crippen molar-refractivity contribution in [3.05, 3.63) is 0 Å². The van der Waals surface area contributed by atoms with Gasteiger partial charge in [0, 0.05) is 20.1 Å². The van der Waals surface area contributed by atoms with Crippen molar-refractivity contribution in [3.63, 3.8) is 0 Å². The number of nitrogens with zero attached hydrogens (tertiary/aromatic N) is 1. The van der Waals surface area contributed by atoms with E-state index in [0.717, 1.165) is 19.5 Å². The van der Waals surface area contributed by atoms with Gasteiger partial charge in [-0.2, -0.15) is 0 Å². The van der Waals surface area contributed by atoms with Gasteiger partial charge in [-0.1, -0.05) is 20.3 Å². The second-order valence-corrected chi connectivity index (χ2v) is 3.21. The molecule has 0 heterocycles. The second kappa shape index (κ2) is 5.86. The molecule has 0 spiro atoms. The molecule has 2 amide bonds. The molecule has 0 aromatic carbocycles. The molecule has 0 aromatic rings. The Bertz CT molecular complexity index is 136. The molecule has 1 unspecified atom stereocenters. The largest absolute Gasteiger partial charge is 0.338 e. The van der Waals surface area contributed by atoms with Crippen LogP contribution in [0, 0.1) is 5.92 Å². The highest BCUT2D eigenvalue weighted by Crippen LogP contribution is 1.97. The molecule has 0 aliphatic carbocycles. The van der Waals surface area contributed by atoms with Crippen LogP contribution in [0.3, 0.4) is 0 Å². The molecule has 0 rings (SSSR count). The van der Waals surface area contributed by atoms with Crippen LogP contribution in [0.5, 0.6) is 0 Å². The molecule has 0 saturated carbocycles. The lowest BCUT2D eigenvalue weighted by molar-refractivity contribution is 0.209. The van der Waals surface area contributed by atoms with Crippen molar-refractivity contribution in [3.8, 4) is 0 Å². The maximum Gasteiger partial charge on any atom is 0.317 e. The zero-order valence-corrected chi connectivity index (χ0v) is 8.55. The number of carbonyl (C=O) groups excluding carboxylic acids is 1. The number of hydrogen-bond acceptors (Lipinski definition) is 1. The highest BCUT2D eigenvalue weighted by molar-refractivity contribution is 5.73. The summed E-state index contributed by atoms with van der Waals surface area (Å²) in [4.78, 5) is 12.9. The molecule has 1 atom stereocenters. The molecule has 0 aliphatic rings. The van der Waals surface area contributed by atoms with Crippen molar-refractivity contribution in [2.75, 3.05) is 20.1 Å². The molecular weight excluding hydrogens is 152 g/mol. The van der Waals surface area contributed by atoms with Gasteiger partial charge >= 0.3 is 6.03 Å². The number of nitrogens with one attached hydrogen (secondary N) is 1. The van der Waals surface area contributed by atoms with Gasteiger partial charge in [0.05, 0.1) is 0 Å². The van der Waals surface area contributed by atoms with Crippen molar-refractivity contribution in [2.45, 2.75) is 27.2 Å². The van der Waals surface area contributed by atoms with Gasteiger partial charge in [0.15, 0.2) is 0 Å². The number of rotatable bonds is 4. The summed E-state index contributed by atoms with van der Waals surface area (Å²) < 4.78 is 0. The molecular formula is C9H20N2O. The average molecular weight is 172 g/mol. The van der Waals surface area contributed by atoms with E-state index in [1.165, 1.54) is 0 Å². The number of hydrogen-bond donors (Lipinski definition) is 1. The lowest BCUT2D eigenvalue weighted by Gasteiger charge is -2.17. The molecule has 0 aliphatic heterocycles. The molecule has 3 heteroatoms. The predicted octanol–water partition coefficient (Wildman–Crippen LogP) is 1.69. The summed E-state index contributed by atoms with van der Waals surface area (Å²) in [7, 11) is 1.80. The Morgan fingerprint density at radius 3 is 2.50 bits per heavy atom. The lowest BCUT2D eigenvalue weighted by Crippen LogP contribution is -2.38. The van der Waals surface area contributed by atoms with Gasteiger partial charge in [0.2, 0.25) is 0 Å². The van der Waals surface area contributed by atoms with Crippen LogP contribution in [-0.2, 0) is 0 Å². The lowest BCUT2D eigenvalue weighted by atomic mass is 10.1. The molecule has 0 aromatic heterocycles. The van der Waals surface area contributed by atoms with E-state index >= 15 is 0 Å². The summed E-state index contributed by atoms with van der Waals surface area (Å²) in [5.74, 6) is 0.569. The number of urea groups is 1. The first-order chi connectivity index (χ1) is 5.61. The van der Waals surface area contributed by atoms with E-state index in [4.69, 9.17) is 0 Å². The average Bonchev–Trinajstić information content (AvgIpc) is 2.11. The normalized spacial score (nSPS) is 12.3. The third-order valence-electron chi connectivity index (χ3n) is 2.12. The van der Waals surface area contributed by atoms with Crippen LogP contribution in [-0.4, -0.2) is 31.1 Å². The molecule has 3 nitrogen and oxygen atoms in total. The summed E-state index contributed by atoms with van der Waals surface area (Å²) in [6.45, 7) is 7.75. The van der Waals surface area contributed by atoms with E-state index in [0.29, 0.717) is 5.92 Å². The predicted molar refractivity (Wildman–Crippen MR) is 51.2 cm³/mol. The smallest absolute Gasteiger partial charge is 0.317 e. The Labute approximate surface area is 75.1 Å². The van der Waals surface area contributed by atoms with E-state index in [1.807, 2.05) is 6.92 Å². The first-order valence-corrected chi connectivity index (χ1v) is 4.60. The summed E-state index contributed by atoms with van der Waals surface area (Å²) in [5, 5.41) is 2.87. The molecule has 72 valence electrons. The van der Waals surface area contributed by atoms with Crippen LogP contribution in [0.25, 0.3) is 0 Å². The van der Waals surface area contributed by atoms with E-state index in [-0.39, 0.29) is 6.03 Å². The van der Waals surface area contributed by atoms with Gasteiger partial charge in [0.25, 0.3) is 0 Å². The Kier molecular flexibility index (Phi) is 5.51. The van der Waals surface area contributed by atoms with Crippen LogP contribution in [0.1, 0.15) is 27.2 Å². The van der Waals surface area contributed by atoms with Gasteiger partial charge in [-0.15, -0.1) is 0 Å². The van der Waals surface area contributed by atoms with Crippen LogP contribution in [0.15, 0.2) is 0 Å². The fourth-order valence-electron chi connectivity index (χ4n) is 0.684. The molecule has 0 saturated heterocycles. The maximum atomic E-state index is 11.2. The monoisotopic (exact) mass is 172 g/mol. The van der Waals surface area contributed by atoms with Gasteiger partial charge in [-0.25, -0.2) is 4.79 Å². The molecule has 12 heavy (non-hydrogen) atoms. The van der Waals surface area contributed by atoms with Gasteiger partial charge in [0.1, 0.15) is 0 Å². The fraction of sp³-hybridized carbons (Fsp3) is 0.889. The van der Waals surface area contributed by atoms with Crippen LogP contribution < -0.4 is 5.32 Å². The summed E-state index contributed by atoms with van der Waals surface area (Å²) in [6, 6.07) is 0.0257. The van der Waals surface area contributed by atoms with Gasteiger partial charge in [-0.05, 0) is 12.8 Å². The van der Waals surface area contributed by atoms with Crippen molar-refractivity contribution >= 4 is 6.03 Å². The van der Waals surface area contributed by atoms with Crippen molar-refractivity contribution in [2.24, 2.45) is 5.92 Å². The zero-order chi connectivity index (χ0) is 9.56. The first kappa shape index (κ1) is 11.3. The van der Waals surface area contributed by atoms with E-state index in [9.17, 15) is 4.79 Å². The number of carbonyl (C=O) groups is 1. The number of amides is 2. The van der Waals surface area contributed by atoms with E-state index < -0.39 is 0 Å². The minimum Gasteiger partial charge on any atom is -0.338 e. The van der Waals surface area contributed by atoms with Gasteiger partial charge < -0.3 is 10.2 Å². The Morgan fingerprint density at radius 2 is 2.08 bits per heavy atom. The van der Waals surface area contributed by atoms with Crippen LogP contribution in [0.4, 0.5) is 4.79 Å². The molecule has 0 radical (unpaired) electrons. The highest BCUT2D eigenvalue weighted by atomic mass is 16.2. The third-order valence-corrected chi connectivity index (χ3v) is 2.12. The minimum absolute atomic E-state index is 0.0257. The van der Waals surface area contributed by atoms with Crippen LogP contribution in [0.2, 0.25) is 0 Å². The maximum absolute atomic E-state index is 11.2. The summed E-state index contributed by atoms with van der Waals surface area (Å²) >= 11 is 0. The Morgan fingerprint density at radius 1 is 1.50 bits per heavy atom. The highest BCUT2D eigenvalue weighted by Gasteiger charge is 2.06. The third kappa shape index (κ3) is 4.21. The molecule has 0 bridgehead atoms. The summed E-state index contributed by atoms with van der Waals surface area (Å²) in [5.41, 5.74) is 0. The van der Waals surface area contributed by atoms with Crippen molar-refractivity contribution < 1.29 is 4.79 Å². The second-order valence-electron chi connectivity index (χ2n) is 3.21. The molecule has 1 N–H and O–H groups in total. The van der Waals surface area contributed by atoms with Crippen molar-refractivity contribution in [1.29, 1.82) is 0 Å². The van der Waals surface area contributed by atoms with Crippen molar-refractivity contribution in [1.82, 2.24) is 10.2 Å². The molecule has 0 fully saturated rings. The Hall–Kier alpha value is -0.730. The Balaban J connectivity index is 3.56. The SMILES string of the molecule is CCC(C)CNC(=O)N(C)CC.